The quantitative estimate of drug-likeness (QED) is 0.805. The predicted molar refractivity (Wildman–Crippen MR) is 79.3 cm³/mol. The van der Waals surface area contributed by atoms with E-state index in [9.17, 15) is 13.6 Å². The molecule has 112 valence electrons. The van der Waals surface area contributed by atoms with Gasteiger partial charge in [-0.15, -0.1) is 0 Å². The van der Waals surface area contributed by atoms with E-state index in [1.807, 2.05) is 0 Å². The van der Waals surface area contributed by atoms with E-state index >= 15 is 0 Å². The summed E-state index contributed by atoms with van der Waals surface area (Å²) in [5.41, 5.74) is 0.911. The number of aromatic nitrogens is 2. The molecule has 22 heavy (non-hydrogen) atoms. The molecule has 0 aliphatic carbocycles. The van der Waals surface area contributed by atoms with Gasteiger partial charge in [0.2, 0.25) is 0 Å². The molecular weight excluding hydrogens is 290 g/mol. The van der Waals surface area contributed by atoms with Crippen molar-refractivity contribution in [1.29, 1.82) is 0 Å². The lowest BCUT2D eigenvalue weighted by Gasteiger charge is -2.07. The summed E-state index contributed by atoms with van der Waals surface area (Å²) in [5.74, 6) is 0.666. The number of fused-ring (bicyclic) bond motifs is 1. The summed E-state index contributed by atoms with van der Waals surface area (Å²) < 4.78 is 29.4. The fourth-order valence-corrected chi connectivity index (χ4v) is 2.12. The fraction of sp³-hybridized carbons (Fsp3) is 0.125. The van der Waals surface area contributed by atoms with E-state index in [2.05, 4.69) is 9.97 Å². The second-order valence-corrected chi connectivity index (χ2v) is 4.66. The first-order chi connectivity index (χ1) is 10.6. The van der Waals surface area contributed by atoms with Crippen LogP contribution in [0.25, 0.3) is 22.3 Å². The van der Waals surface area contributed by atoms with Crippen molar-refractivity contribution in [2.45, 2.75) is 6.43 Å². The Kier molecular flexibility index (Phi) is 3.82. The van der Waals surface area contributed by atoms with Crippen LogP contribution in [-0.2, 0) is 0 Å². The highest BCUT2D eigenvalue weighted by atomic mass is 19.3. The second-order valence-electron chi connectivity index (χ2n) is 4.66. The molecule has 0 spiro atoms. The van der Waals surface area contributed by atoms with Crippen LogP contribution in [0, 0.1) is 0 Å². The van der Waals surface area contributed by atoms with Crippen LogP contribution in [0.1, 0.15) is 0 Å². The fourth-order valence-electron chi connectivity index (χ4n) is 2.12. The molecule has 0 aliphatic rings. The SMILES string of the molecule is O=c1[nH]c(-c2cccc(OCC(F)F)c2)nc2ccccc12. The topological polar surface area (TPSA) is 55.0 Å². The number of benzene rings is 2. The molecule has 0 saturated carbocycles. The van der Waals surface area contributed by atoms with Gasteiger partial charge in [-0.3, -0.25) is 4.79 Å². The normalized spacial score (nSPS) is 11.0. The van der Waals surface area contributed by atoms with Gasteiger partial charge in [0, 0.05) is 5.56 Å². The maximum absolute atomic E-state index is 12.2. The molecule has 0 atom stereocenters. The van der Waals surface area contributed by atoms with Gasteiger partial charge in [0.05, 0.1) is 10.9 Å². The summed E-state index contributed by atoms with van der Waals surface area (Å²) in [5, 5.41) is 0.497. The Bertz CT molecular complexity index is 862. The zero-order chi connectivity index (χ0) is 15.5. The maximum atomic E-state index is 12.2. The lowest BCUT2D eigenvalue weighted by atomic mass is 10.2. The molecule has 0 amide bonds. The number of halogens is 2. The Labute approximate surface area is 124 Å². The molecule has 1 heterocycles. The van der Waals surface area contributed by atoms with Crippen LogP contribution in [0.2, 0.25) is 0 Å². The summed E-state index contributed by atoms with van der Waals surface area (Å²) in [6, 6.07) is 13.5. The Morgan fingerprint density at radius 2 is 1.95 bits per heavy atom. The highest BCUT2D eigenvalue weighted by Crippen LogP contribution is 2.21. The average molecular weight is 302 g/mol. The van der Waals surface area contributed by atoms with Crippen molar-refractivity contribution in [2.75, 3.05) is 6.61 Å². The van der Waals surface area contributed by atoms with Crippen molar-refractivity contribution in [1.82, 2.24) is 9.97 Å². The van der Waals surface area contributed by atoms with E-state index in [0.717, 1.165) is 0 Å². The van der Waals surface area contributed by atoms with Crippen molar-refractivity contribution in [3.05, 3.63) is 58.9 Å². The molecule has 0 aliphatic heterocycles. The third-order valence-corrected chi connectivity index (χ3v) is 3.10. The summed E-state index contributed by atoms with van der Waals surface area (Å²) in [4.78, 5) is 19.1. The Balaban J connectivity index is 2.00. The Morgan fingerprint density at radius 3 is 2.77 bits per heavy atom. The van der Waals surface area contributed by atoms with Gasteiger partial charge in [0.15, 0.2) is 0 Å². The average Bonchev–Trinajstić information content (AvgIpc) is 2.53. The Morgan fingerprint density at radius 1 is 1.14 bits per heavy atom. The number of rotatable bonds is 4. The van der Waals surface area contributed by atoms with Gasteiger partial charge in [0.1, 0.15) is 18.2 Å². The number of nitrogens with zero attached hydrogens (tertiary/aromatic N) is 1. The molecule has 1 N–H and O–H groups in total. The molecule has 3 aromatic rings. The van der Waals surface area contributed by atoms with E-state index in [4.69, 9.17) is 4.74 Å². The minimum Gasteiger partial charge on any atom is -0.488 e. The molecule has 2 aromatic carbocycles. The minimum atomic E-state index is -2.54. The first-order valence-corrected chi connectivity index (χ1v) is 6.64. The van der Waals surface area contributed by atoms with Gasteiger partial charge >= 0.3 is 0 Å². The monoisotopic (exact) mass is 302 g/mol. The molecule has 4 nitrogen and oxygen atoms in total. The van der Waals surface area contributed by atoms with Crippen LogP contribution in [0.15, 0.2) is 53.3 Å². The number of aromatic amines is 1. The van der Waals surface area contributed by atoms with Crippen molar-refractivity contribution < 1.29 is 13.5 Å². The maximum Gasteiger partial charge on any atom is 0.272 e. The minimum absolute atomic E-state index is 0.250. The van der Waals surface area contributed by atoms with Crippen molar-refractivity contribution in [3.63, 3.8) is 0 Å². The first-order valence-electron chi connectivity index (χ1n) is 6.64. The summed E-state index contributed by atoms with van der Waals surface area (Å²) in [6.45, 7) is -0.675. The largest absolute Gasteiger partial charge is 0.488 e. The van der Waals surface area contributed by atoms with E-state index in [1.165, 1.54) is 0 Å². The number of hydrogen-bond donors (Lipinski definition) is 1. The third kappa shape index (κ3) is 2.95. The molecular formula is C16H12F2N2O2. The summed E-state index contributed by atoms with van der Waals surface area (Å²) >= 11 is 0. The third-order valence-electron chi connectivity index (χ3n) is 3.10. The molecule has 0 fully saturated rings. The second kappa shape index (κ2) is 5.93. The molecule has 0 bridgehead atoms. The van der Waals surface area contributed by atoms with Crippen LogP contribution in [0.4, 0.5) is 8.78 Å². The van der Waals surface area contributed by atoms with Crippen LogP contribution in [-0.4, -0.2) is 23.0 Å². The van der Waals surface area contributed by atoms with Crippen LogP contribution < -0.4 is 10.3 Å². The number of H-pyrrole nitrogens is 1. The summed E-state index contributed by atoms with van der Waals surface area (Å²) in [7, 11) is 0. The van der Waals surface area contributed by atoms with Crippen LogP contribution in [0.5, 0.6) is 5.75 Å². The molecule has 6 heteroatoms. The van der Waals surface area contributed by atoms with E-state index in [0.29, 0.717) is 28.0 Å². The molecule has 1 aromatic heterocycles. The van der Waals surface area contributed by atoms with Crippen molar-refractivity contribution in [3.8, 4) is 17.1 Å². The zero-order valence-electron chi connectivity index (χ0n) is 11.4. The van der Waals surface area contributed by atoms with Gasteiger partial charge < -0.3 is 9.72 Å². The van der Waals surface area contributed by atoms with Crippen LogP contribution >= 0.6 is 0 Å². The zero-order valence-corrected chi connectivity index (χ0v) is 11.4. The van der Waals surface area contributed by atoms with Crippen molar-refractivity contribution >= 4 is 10.9 Å². The smallest absolute Gasteiger partial charge is 0.272 e. The van der Waals surface area contributed by atoms with E-state index < -0.39 is 13.0 Å². The summed E-state index contributed by atoms with van der Waals surface area (Å²) in [6.07, 6.45) is -2.54. The van der Waals surface area contributed by atoms with E-state index in [-0.39, 0.29) is 5.56 Å². The lowest BCUT2D eigenvalue weighted by molar-refractivity contribution is 0.0819. The van der Waals surface area contributed by atoms with Gasteiger partial charge in [-0.25, -0.2) is 13.8 Å². The molecule has 0 unspecified atom stereocenters. The lowest BCUT2D eigenvalue weighted by Crippen LogP contribution is -2.09. The highest BCUT2D eigenvalue weighted by molar-refractivity contribution is 5.79. The molecule has 0 saturated heterocycles. The number of alkyl halides is 2. The predicted octanol–water partition coefficient (Wildman–Crippen LogP) is 3.23. The molecule has 0 radical (unpaired) electrons. The van der Waals surface area contributed by atoms with Gasteiger partial charge in [-0.1, -0.05) is 24.3 Å². The Hall–Kier alpha value is -2.76. The number of nitrogens with one attached hydrogen (secondary N) is 1. The molecule has 3 rings (SSSR count). The number of hydrogen-bond acceptors (Lipinski definition) is 3. The van der Waals surface area contributed by atoms with Crippen LogP contribution in [0.3, 0.4) is 0 Å². The number of para-hydroxylation sites is 1. The first kappa shape index (κ1) is 14.2. The van der Waals surface area contributed by atoms with Crippen molar-refractivity contribution in [2.24, 2.45) is 0 Å². The van der Waals surface area contributed by atoms with Gasteiger partial charge in [0.25, 0.3) is 12.0 Å². The van der Waals surface area contributed by atoms with Gasteiger partial charge in [-0.05, 0) is 24.3 Å². The number of ether oxygens (including phenoxy) is 1. The standard InChI is InChI=1S/C16H12F2N2O2/c17-14(18)9-22-11-5-3-4-10(8-11)15-19-13-7-2-1-6-12(13)16(21)20-15/h1-8,14H,9H2,(H,19,20,21). The van der Waals surface area contributed by atoms with Gasteiger partial charge in [-0.2, -0.15) is 0 Å². The highest BCUT2D eigenvalue weighted by Gasteiger charge is 2.08. The van der Waals surface area contributed by atoms with E-state index in [1.54, 1.807) is 48.5 Å².